The normalized spacial score (nSPS) is 10.6. The van der Waals surface area contributed by atoms with Crippen LogP contribution in [0.1, 0.15) is 22.5 Å². The van der Waals surface area contributed by atoms with E-state index in [0.717, 1.165) is 6.20 Å². The van der Waals surface area contributed by atoms with E-state index in [9.17, 15) is 13.6 Å². The second kappa shape index (κ2) is 4.35. The first-order valence-electron chi connectivity index (χ1n) is 3.37. The molecule has 1 heterocycles. The van der Waals surface area contributed by atoms with E-state index >= 15 is 0 Å². The molecule has 0 atom stereocenters. The van der Waals surface area contributed by atoms with Gasteiger partial charge < -0.3 is 5.73 Å². The van der Waals surface area contributed by atoms with Crippen LogP contribution in [0.2, 0.25) is 0 Å². The lowest BCUT2D eigenvalue weighted by Crippen LogP contribution is -2.06. The molecule has 0 aliphatic heterocycles. The van der Waals surface area contributed by atoms with E-state index in [0.29, 0.717) is 0 Å². The molecule has 1 aromatic rings. The number of carbonyl (C=O) groups excluding carboxylic acids is 1. The van der Waals surface area contributed by atoms with Gasteiger partial charge in [0, 0.05) is 0 Å². The zero-order valence-electron chi connectivity index (χ0n) is 6.60. The second-order valence-electron chi connectivity index (χ2n) is 2.36. The summed E-state index contributed by atoms with van der Waals surface area (Å²) in [5, 5.41) is -0.878. The van der Waals surface area contributed by atoms with Crippen molar-refractivity contribution in [2.75, 3.05) is 5.73 Å². The maximum Gasteiger partial charge on any atom is 0.271 e. The fourth-order valence-electron chi connectivity index (χ4n) is 0.873. The first kappa shape index (κ1) is 11.6. The molecule has 1 rings (SSSR count). The van der Waals surface area contributed by atoms with Gasteiger partial charge in [0.15, 0.2) is 0 Å². The highest BCUT2D eigenvalue weighted by molar-refractivity contribution is 14.1. The highest BCUT2D eigenvalue weighted by Crippen LogP contribution is 2.31. The van der Waals surface area contributed by atoms with E-state index in [1.54, 1.807) is 22.6 Å². The predicted molar refractivity (Wildman–Crippen MR) is 56.5 cm³/mol. The monoisotopic (exact) mass is 332 g/mol. The molecule has 0 saturated carbocycles. The highest BCUT2D eigenvalue weighted by atomic mass is 127. The summed E-state index contributed by atoms with van der Waals surface area (Å²) in [4.78, 5) is 14.3. The van der Waals surface area contributed by atoms with Gasteiger partial charge in [0.2, 0.25) is 0 Å². The summed E-state index contributed by atoms with van der Waals surface area (Å²) in [6.07, 6.45) is -1.75. The van der Waals surface area contributed by atoms with Crippen LogP contribution in [0.5, 0.6) is 0 Å². The van der Waals surface area contributed by atoms with Gasteiger partial charge in [-0.15, -0.1) is 0 Å². The molecule has 76 valence electrons. The lowest BCUT2D eigenvalue weighted by Gasteiger charge is -2.08. The number of alkyl halides is 2. The van der Waals surface area contributed by atoms with E-state index in [1.807, 2.05) is 0 Å². The average Bonchev–Trinajstić information content (AvgIpc) is 2.02. The Kier molecular flexibility index (Phi) is 3.59. The topological polar surface area (TPSA) is 56.0 Å². The van der Waals surface area contributed by atoms with Gasteiger partial charge in [-0.2, -0.15) is 0 Å². The van der Waals surface area contributed by atoms with Crippen LogP contribution >= 0.6 is 34.2 Å². The number of hydrogen-bond donors (Lipinski definition) is 1. The van der Waals surface area contributed by atoms with Gasteiger partial charge in [0.05, 0.1) is 21.0 Å². The van der Waals surface area contributed by atoms with Gasteiger partial charge in [-0.25, -0.2) is 13.8 Å². The fourth-order valence-corrected chi connectivity index (χ4v) is 2.11. The quantitative estimate of drug-likeness (QED) is 0.669. The summed E-state index contributed by atoms with van der Waals surface area (Å²) < 4.78 is 24.9. The molecule has 14 heavy (non-hydrogen) atoms. The van der Waals surface area contributed by atoms with Crippen LogP contribution in [0.3, 0.4) is 0 Å². The molecule has 0 aromatic carbocycles. The maximum absolute atomic E-state index is 12.5. The molecule has 0 aliphatic carbocycles. The number of carbonyl (C=O) groups is 1. The van der Waals surface area contributed by atoms with Crippen molar-refractivity contribution in [3.05, 3.63) is 21.0 Å². The van der Waals surface area contributed by atoms with E-state index in [1.165, 1.54) is 0 Å². The summed E-state index contributed by atoms with van der Waals surface area (Å²) in [5.74, 6) is 0. The number of anilines is 1. The van der Waals surface area contributed by atoms with Crippen molar-refractivity contribution in [1.29, 1.82) is 0 Å². The van der Waals surface area contributed by atoms with E-state index in [-0.39, 0.29) is 15.0 Å². The van der Waals surface area contributed by atoms with Crippen LogP contribution in [-0.4, -0.2) is 10.2 Å². The van der Waals surface area contributed by atoms with Crippen LogP contribution in [0, 0.1) is 3.57 Å². The first-order chi connectivity index (χ1) is 6.45. The first-order valence-corrected chi connectivity index (χ1v) is 4.82. The zero-order valence-corrected chi connectivity index (χ0v) is 9.51. The van der Waals surface area contributed by atoms with Crippen molar-refractivity contribution in [3.8, 4) is 0 Å². The van der Waals surface area contributed by atoms with Gasteiger partial charge in [0.1, 0.15) is 5.69 Å². The second-order valence-corrected chi connectivity index (χ2v) is 3.79. The van der Waals surface area contributed by atoms with Crippen LogP contribution in [-0.2, 0) is 0 Å². The molecule has 0 spiro atoms. The predicted octanol–water partition coefficient (Wildman–Crippen LogP) is 2.58. The van der Waals surface area contributed by atoms with Crippen LogP contribution in [0.4, 0.5) is 14.5 Å². The van der Waals surface area contributed by atoms with Gasteiger partial charge in [-0.3, -0.25) is 4.79 Å². The molecule has 2 N–H and O–H groups in total. The van der Waals surface area contributed by atoms with E-state index < -0.39 is 17.2 Å². The van der Waals surface area contributed by atoms with Crippen molar-refractivity contribution in [2.24, 2.45) is 0 Å². The third-order valence-electron chi connectivity index (χ3n) is 1.49. The Hall–Kier alpha value is -0.500. The number of aromatic nitrogens is 1. The summed E-state index contributed by atoms with van der Waals surface area (Å²) in [7, 11) is 0. The Bertz CT molecular complexity index is 386. The standard InChI is InChI=1S/C7H4ClF2IN2O/c8-6(14)5-4(11)3(7(9)10)2(12)1-13-5/h1,7H,12H2. The molecule has 1 aromatic heterocycles. The highest BCUT2D eigenvalue weighted by Gasteiger charge is 2.21. The molecule has 0 aliphatic rings. The van der Waals surface area contributed by atoms with Crippen LogP contribution < -0.4 is 5.73 Å². The maximum atomic E-state index is 12.5. The van der Waals surface area contributed by atoms with Gasteiger partial charge in [0.25, 0.3) is 11.7 Å². The van der Waals surface area contributed by atoms with Crippen molar-refractivity contribution in [1.82, 2.24) is 4.98 Å². The number of nitrogens with zero attached hydrogens (tertiary/aromatic N) is 1. The minimum atomic E-state index is -2.75. The number of pyridine rings is 1. The van der Waals surface area contributed by atoms with Crippen LogP contribution in [0.15, 0.2) is 6.20 Å². The number of rotatable bonds is 2. The van der Waals surface area contributed by atoms with Crippen molar-refractivity contribution in [2.45, 2.75) is 6.43 Å². The Morgan fingerprint density at radius 3 is 2.64 bits per heavy atom. The summed E-state index contributed by atoms with van der Waals surface area (Å²) in [5.41, 5.74) is 4.55. The number of nitrogens with two attached hydrogens (primary N) is 1. The zero-order chi connectivity index (χ0) is 10.9. The number of halogens is 4. The minimum absolute atomic E-state index is 0.00222. The fraction of sp³-hybridized carbons (Fsp3) is 0.143. The summed E-state index contributed by atoms with van der Waals surface area (Å²) in [6.45, 7) is 0. The summed E-state index contributed by atoms with van der Waals surface area (Å²) in [6, 6.07) is 0. The summed E-state index contributed by atoms with van der Waals surface area (Å²) >= 11 is 6.71. The Balaban J connectivity index is 3.41. The van der Waals surface area contributed by atoms with Gasteiger partial charge in [-0.1, -0.05) is 0 Å². The molecule has 0 amide bonds. The minimum Gasteiger partial charge on any atom is -0.397 e. The van der Waals surface area contributed by atoms with Crippen molar-refractivity contribution < 1.29 is 13.6 Å². The Morgan fingerprint density at radius 1 is 1.64 bits per heavy atom. The number of nitrogen functional groups attached to an aromatic ring is 1. The molecule has 0 bridgehead atoms. The largest absolute Gasteiger partial charge is 0.397 e. The average molecular weight is 332 g/mol. The molecule has 0 unspecified atom stereocenters. The smallest absolute Gasteiger partial charge is 0.271 e. The molecule has 7 heteroatoms. The molecule has 0 radical (unpaired) electrons. The van der Waals surface area contributed by atoms with Gasteiger partial charge >= 0.3 is 0 Å². The molecule has 0 fully saturated rings. The third kappa shape index (κ3) is 2.11. The molecule has 3 nitrogen and oxygen atoms in total. The SMILES string of the molecule is Nc1cnc(C(=O)Cl)c(I)c1C(F)F. The molecular formula is C7H4ClF2IN2O. The Labute approximate surface area is 96.8 Å². The molecule has 0 saturated heterocycles. The van der Waals surface area contributed by atoms with Crippen LogP contribution in [0.25, 0.3) is 0 Å². The molecular weight excluding hydrogens is 328 g/mol. The van der Waals surface area contributed by atoms with Gasteiger partial charge in [-0.05, 0) is 34.2 Å². The van der Waals surface area contributed by atoms with E-state index in [2.05, 4.69) is 4.98 Å². The van der Waals surface area contributed by atoms with Crippen molar-refractivity contribution in [3.63, 3.8) is 0 Å². The lowest BCUT2D eigenvalue weighted by atomic mass is 10.2. The van der Waals surface area contributed by atoms with E-state index in [4.69, 9.17) is 17.3 Å². The third-order valence-corrected chi connectivity index (χ3v) is 2.76. The number of hydrogen-bond acceptors (Lipinski definition) is 3. The lowest BCUT2D eigenvalue weighted by molar-refractivity contribution is 0.107. The van der Waals surface area contributed by atoms with Crippen molar-refractivity contribution >= 4 is 45.1 Å². The Morgan fingerprint density at radius 2 is 2.21 bits per heavy atom.